The van der Waals surface area contributed by atoms with E-state index in [0.29, 0.717) is 11.7 Å². The fraction of sp³-hybridized carbons (Fsp3) is 0.600. The largest absolute Gasteiger partial charge is 0.323 e. The Morgan fingerprint density at radius 1 is 1.17 bits per heavy atom. The van der Waals surface area contributed by atoms with E-state index in [-0.39, 0.29) is 11.3 Å². The Kier molecular flexibility index (Phi) is 5.54. The van der Waals surface area contributed by atoms with E-state index in [1.165, 1.54) is 11.1 Å². The van der Waals surface area contributed by atoms with Crippen molar-refractivity contribution in [2.45, 2.75) is 45.9 Å². The second kappa shape index (κ2) is 6.48. The molecule has 0 heterocycles. The quantitative estimate of drug-likeness (QED) is 0.891. The fourth-order valence-electron chi connectivity index (χ4n) is 1.72. The van der Waals surface area contributed by atoms with Crippen LogP contribution in [-0.4, -0.2) is 15.2 Å². The van der Waals surface area contributed by atoms with Crippen LogP contribution >= 0.6 is 0 Å². The predicted molar refractivity (Wildman–Crippen MR) is 80.2 cm³/mol. The highest BCUT2D eigenvalue weighted by atomic mass is 32.2. The number of benzene rings is 1. The van der Waals surface area contributed by atoms with Crippen molar-refractivity contribution in [3.8, 4) is 0 Å². The molecule has 0 aliphatic heterocycles. The van der Waals surface area contributed by atoms with Crippen LogP contribution in [0.25, 0.3) is 0 Å². The maximum atomic E-state index is 12.2. The molecule has 0 amide bonds. The molecule has 18 heavy (non-hydrogen) atoms. The lowest BCUT2D eigenvalue weighted by Crippen LogP contribution is -2.26. The van der Waals surface area contributed by atoms with E-state index >= 15 is 0 Å². The van der Waals surface area contributed by atoms with Gasteiger partial charge in [-0.25, -0.2) is 0 Å². The molecule has 0 bridgehead atoms. The summed E-state index contributed by atoms with van der Waals surface area (Å²) in [5.74, 6) is 0.972. The summed E-state index contributed by atoms with van der Waals surface area (Å²) in [4.78, 5) is 0. The van der Waals surface area contributed by atoms with Crippen molar-refractivity contribution in [1.29, 1.82) is 0 Å². The summed E-state index contributed by atoms with van der Waals surface area (Å²) in [5.41, 5.74) is 9.75. The molecule has 0 saturated heterocycles. The number of nitrogens with two attached hydrogens (primary N) is 1. The SMILES string of the molecule is Cc1ccc(C(N)CS(=O)C(C)C(C)C)cc1C. The normalized spacial score (nSPS) is 16.6. The molecule has 0 aliphatic rings. The van der Waals surface area contributed by atoms with E-state index < -0.39 is 10.8 Å². The molecule has 0 fully saturated rings. The molecule has 3 heteroatoms. The van der Waals surface area contributed by atoms with E-state index in [0.717, 1.165) is 5.56 Å². The van der Waals surface area contributed by atoms with Gasteiger partial charge in [-0.1, -0.05) is 39.0 Å². The van der Waals surface area contributed by atoms with E-state index in [4.69, 9.17) is 5.73 Å². The highest BCUT2D eigenvalue weighted by molar-refractivity contribution is 7.85. The molecule has 2 N–H and O–H groups in total. The van der Waals surface area contributed by atoms with Crippen LogP contribution < -0.4 is 5.73 Å². The summed E-state index contributed by atoms with van der Waals surface area (Å²) in [5, 5.41) is 0.197. The highest BCUT2D eigenvalue weighted by Gasteiger charge is 2.18. The molecule has 0 aliphatic carbocycles. The first-order valence-corrected chi connectivity index (χ1v) is 7.91. The van der Waals surface area contributed by atoms with Crippen molar-refractivity contribution in [2.75, 3.05) is 5.75 Å². The fourth-order valence-corrected chi connectivity index (χ4v) is 3.18. The molecule has 3 atom stereocenters. The van der Waals surface area contributed by atoms with Gasteiger partial charge in [-0.2, -0.15) is 0 Å². The van der Waals surface area contributed by atoms with Gasteiger partial charge >= 0.3 is 0 Å². The molecule has 0 radical (unpaired) electrons. The van der Waals surface area contributed by atoms with Crippen LogP contribution in [0.3, 0.4) is 0 Å². The van der Waals surface area contributed by atoms with Crippen molar-refractivity contribution in [3.05, 3.63) is 34.9 Å². The van der Waals surface area contributed by atoms with Crippen molar-refractivity contribution in [3.63, 3.8) is 0 Å². The van der Waals surface area contributed by atoms with E-state index in [1.807, 2.05) is 13.0 Å². The smallest absolute Gasteiger partial charge is 0.0431 e. The maximum absolute atomic E-state index is 12.2. The third-order valence-electron chi connectivity index (χ3n) is 3.66. The van der Waals surface area contributed by atoms with Crippen molar-refractivity contribution < 1.29 is 4.21 Å². The minimum absolute atomic E-state index is 0.133. The van der Waals surface area contributed by atoms with E-state index in [9.17, 15) is 4.21 Å². The maximum Gasteiger partial charge on any atom is 0.0431 e. The van der Waals surface area contributed by atoms with Crippen molar-refractivity contribution in [1.82, 2.24) is 0 Å². The van der Waals surface area contributed by atoms with E-state index in [2.05, 4.69) is 39.8 Å². The first-order chi connectivity index (χ1) is 8.32. The van der Waals surface area contributed by atoms with Crippen LogP contribution in [0, 0.1) is 19.8 Å². The minimum atomic E-state index is -0.862. The van der Waals surface area contributed by atoms with Crippen LogP contribution in [0.15, 0.2) is 18.2 Å². The van der Waals surface area contributed by atoms with Gasteiger partial charge in [-0.3, -0.25) is 4.21 Å². The molecular weight excluding hydrogens is 242 g/mol. The second-order valence-corrected chi connectivity index (χ2v) is 7.29. The van der Waals surface area contributed by atoms with Gasteiger partial charge in [0.1, 0.15) is 0 Å². The van der Waals surface area contributed by atoms with Gasteiger partial charge < -0.3 is 5.73 Å². The average molecular weight is 267 g/mol. The topological polar surface area (TPSA) is 43.1 Å². The molecular formula is C15H25NOS. The summed E-state index contributed by atoms with van der Waals surface area (Å²) in [6, 6.07) is 6.10. The van der Waals surface area contributed by atoms with Crippen molar-refractivity contribution in [2.24, 2.45) is 11.7 Å². The molecule has 3 unspecified atom stereocenters. The zero-order chi connectivity index (χ0) is 13.9. The standard InChI is InChI=1S/C15H25NOS/c1-10(2)13(5)18(17)9-15(16)14-7-6-11(3)12(4)8-14/h6-8,10,13,15H,9,16H2,1-5H3. The Labute approximate surface area is 113 Å². The van der Waals surface area contributed by atoms with Gasteiger partial charge in [0.15, 0.2) is 0 Å². The first kappa shape index (κ1) is 15.4. The van der Waals surface area contributed by atoms with Gasteiger partial charge in [0.2, 0.25) is 0 Å². The zero-order valence-corrected chi connectivity index (χ0v) is 12.9. The summed E-state index contributed by atoms with van der Waals surface area (Å²) < 4.78 is 12.2. The molecule has 0 spiro atoms. The van der Waals surface area contributed by atoms with Gasteiger partial charge in [0, 0.05) is 27.8 Å². The van der Waals surface area contributed by atoms with Crippen LogP contribution in [0.1, 0.15) is 43.5 Å². The molecule has 1 rings (SSSR count). The highest BCUT2D eigenvalue weighted by Crippen LogP contribution is 2.18. The van der Waals surface area contributed by atoms with Crippen LogP contribution in [-0.2, 0) is 10.8 Å². The lowest BCUT2D eigenvalue weighted by molar-refractivity contribution is 0.601. The summed E-state index contributed by atoms with van der Waals surface area (Å²) in [6.45, 7) is 10.4. The number of aryl methyl sites for hydroxylation is 2. The Hall–Kier alpha value is -0.670. The average Bonchev–Trinajstić information content (AvgIpc) is 2.31. The lowest BCUT2D eigenvalue weighted by Gasteiger charge is -2.19. The molecule has 1 aromatic rings. The van der Waals surface area contributed by atoms with Gasteiger partial charge in [0.05, 0.1) is 0 Å². The molecule has 102 valence electrons. The van der Waals surface area contributed by atoms with Gasteiger partial charge in [-0.05, 0) is 36.5 Å². The number of hydrogen-bond acceptors (Lipinski definition) is 2. The van der Waals surface area contributed by atoms with E-state index in [1.54, 1.807) is 0 Å². The third-order valence-corrected chi connectivity index (χ3v) is 5.72. The van der Waals surface area contributed by atoms with Gasteiger partial charge in [-0.15, -0.1) is 0 Å². The summed E-state index contributed by atoms with van der Waals surface area (Å²) in [7, 11) is -0.862. The van der Waals surface area contributed by atoms with Crippen LogP contribution in [0.5, 0.6) is 0 Å². The van der Waals surface area contributed by atoms with Gasteiger partial charge in [0.25, 0.3) is 0 Å². The Balaban J connectivity index is 2.73. The first-order valence-electron chi connectivity index (χ1n) is 6.52. The molecule has 0 saturated carbocycles. The summed E-state index contributed by atoms with van der Waals surface area (Å²) >= 11 is 0. The monoisotopic (exact) mass is 267 g/mol. The molecule has 0 aromatic heterocycles. The minimum Gasteiger partial charge on any atom is -0.323 e. The predicted octanol–water partition coefficient (Wildman–Crippen LogP) is 3.10. The van der Waals surface area contributed by atoms with Crippen LogP contribution in [0.4, 0.5) is 0 Å². The molecule has 2 nitrogen and oxygen atoms in total. The van der Waals surface area contributed by atoms with Crippen molar-refractivity contribution >= 4 is 10.8 Å². The summed E-state index contributed by atoms with van der Waals surface area (Å²) in [6.07, 6.45) is 0. The second-order valence-electron chi connectivity index (χ2n) is 5.45. The number of rotatable bonds is 5. The third kappa shape index (κ3) is 3.92. The Morgan fingerprint density at radius 2 is 1.78 bits per heavy atom. The number of hydrogen-bond donors (Lipinski definition) is 1. The zero-order valence-electron chi connectivity index (χ0n) is 12.1. The lowest BCUT2D eigenvalue weighted by atomic mass is 10.0. The van der Waals surface area contributed by atoms with Crippen LogP contribution in [0.2, 0.25) is 0 Å². The Bertz CT molecular complexity index is 429. The molecule has 1 aromatic carbocycles. The Morgan fingerprint density at radius 3 is 2.28 bits per heavy atom.